The van der Waals surface area contributed by atoms with Gasteiger partial charge in [-0.05, 0) is 13.8 Å². The van der Waals surface area contributed by atoms with Gasteiger partial charge in [0.2, 0.25) is 0 Å². The van der Waals surface area contributed by atoms with E-state index < -0.39 is 0 Å². The molecule has 0 amide bonds. The number of rotatable bonds is 2. The summed E-state index contributed by atoms with van der Waals surface area (Å²) in [5.41, 5.74) is 0. The van der Waals surface area contributed by atoms with Gasteiger partial charge in [0.15, 0.2) is 5.89 Å². The van der Waals surface area contributed by atoms with E-state index in [2.05, 4.69) is 4.98 Å². The Morgan fingerprint density at radius 1 is 1.80 bits per heavy atom. The smallest absolute Gasteiger partial charge is 0.196 e. The van der Waals surface area contributed by atoms with Crippen molar-refractivity contribution < 1.29 is 9.52 Å². The molecular weight excluding hydrogens is 130 g/mol. The third kappa shape index (κ3) is 1.84. The van der Waals surface area contributed by atoms with Crippen LogP contribution in [0.3, 0.4) is 0 Å². The second kappa shape index (κ2) is 2.84. The van der Waals surface area contributed by atoms with Crippen molar-refractivity contribution in [2.45, 2.75) is 26.4 Å². The number of aromatic nitrogens is 1. The Morgan fingerprint density at radius 2 is 2.50 bits per heavy atom. The number of aryl methyl sites for hydroxylation is 1. The highest BCUT2D eigenvalue weighted by molar-refractivity contribution is 4.91. The lowest BCUT2D eigenvalue weighted by atomic mass is 10.3. The van der Waals surface area contributed by atoms with Crippen LogP contribution in [-0.4, -0.2) is 16.2 Å². The molecule has 0 saturated heterocycles. The van der Waals surface area contributed by atoms with Crippen molar-refractivity contribution in [1.82, 2.24) is 4.98 Å². The molecule has 0 spiro atoms. The minimum atomic E-state index is -0.377. The van der Waals surface area contributed by atoms with Crippen LogP contribution in [0, 0.1) is 6.92 Å². The summed E-state index contributed by atoms with van der Waals surface area (Å²) in [6.07, 6.45) is 1.77. The van der Waals surface area contributed by atoms with E-state index in [1.165, 1.54) is 0 Å². The molecule has 1 atom stereocenters. The average molecular weight is 141 g/mol. The molecule has 0 aromatic carbocycles. The zero-order valence-corrected chi connectivity index (χ0v) is 6.16. The summed E-state index contributed by atoms with van der Waals surface area (Å²) in [5, 5.41) is 8.92. The van der Waals surface area contributed by atoms with E-state index in [-0.39, 0.29) is 6.10 Å². The van der Waals surface area contributed by atoms with Gasteiger partial charge in [0, 0.05) is 6.42 Å². The summed E-state index contributed by atoms with van der Waals surface area (Å²) < 4.78 is 5.12. The summed E-state index contributed by atoms with van der Waals surface area (Å²) >= 11 is 0. The summed E-state index contributed by atoms with van der Waals surface area (Å²) in [7, 11) is 0. The highest BCUT2D eigenvalue weighted by Gasteiger charge is 2.03. The van der Waals surface area contributed by atoms with Gasteiger partial charge in [-0.1, -0.05) is 0 Å². The SMILES string of the molecule is Cc1cnc(CC(C)O)o1. The second-order valence-electron chi connectivity index (χ2n) is 2.42. The van der Waals surface area contributed by atoms with E-state index in [0.717, 1.165) is 5.76 Å². The predicted octanol–water partition coefficient (Wildman–Crippen LogP) is 0.906. The Labute approximate surface area is 59.7 Å². The van der Waals surface area contributed by atoms with Crippen LogP contribution in [0.5, 0.6) is 0 Å². The topological polar surface area (TPSA) is 46.3 Å². The number of oxazole rings is 1. The quantitative estimate of drug-likeness (QED) is 0.665. The van der Waals surface area contributed by atoms with Gasteiger partial charge >= 0.3 is 0 Å². The summed E-state index contributed by atoms with van der Waals surface area (Å²) in [4.78, 5) is 3.93. The van der Waals surface area contributed by atoms with Gasteiger partial charge in [-0.25, -0.2) is 4.98 Å². The van der Waals surface area contributed by atoms with E-state index in [1.807, 2.05) is 6.92 Å². The van der Waals surface area contributed by atoms with Crippen LogP contribution in [0.2, 0.25) is 0 Å². The van der Waals surface area contributed by atoms with Gasteiger partial charge in [-0.15, -0.1) is 0 Å². The summed E-state index contributed by atoms with van der Waals surface area (Å²) in [6.45, 7) is 3.54. The van der Waals surface area contributed by atoms with Crippen LogP contribution in [0.1, 0.15) is 18.6 Å². The van der Waals surface area contributed by atoms with E-state index in [1.54, 1.807) is 13.1 Å². The van der Waals surface area contributed by atoms with Crippen molar-refractivity contribution in [2.24, 2.45) is 0 Å². The molecule has 1 rings (SSSR count). The molecule has 3 heteroatoms. The van der Waals surface area contributed by atoms with Crippen molar-refractivity contribution in [3.05, 3.63) is 17.8 Å². The lowest BCUT2D eigenvalue weighted by Gasteiger charge is -1.96. The normalized spacial score (nSPS) is 13.5. The van der Waals surface area contributed by atoms with E-state index in [0.29, 0.717) is 12.3 Å². The van der Waals surface area contributed by atoms with E-state index in [4.69, 9.17) is 9.52 Å². The maximum absolute atomic E-state index is 8.92. The molecule has 56 valence electrons. The molecule has 0 radical (unpaired) electrons. The number of hydrogen-bond donors (Lipinski definition) is 1. The highest BCUT2D eigenvalue weighted by atomic mass is 16.4. The van der Waals surface area contributed by atoms with Crippen molar-refractivity contribution in [3.63, 3.8) is 0 Å². The van der Waals surface area contributed by atoms with Crippen LogP contribution in [0.4, 0.5) is 0 Å². The monoisotopic (exact) mass is 141 g/mol. The minimum Gasteiger partial charge on any atom is -0.446 e. The molecular formula is C7H11NO2. The second-order valence-corrected chi connectivity index (χ2v) is 2.42. The molecule has 1 unspecified atom stereocenters. The Kier molecular flexibility index (Phi) is 2.06. The van der Waals surface area contributed by atoms with Gasteiger partial charge in [0.25, 0.3) is 0 Å². The predicted molar refractivity (Wildman–Crippen MR) is 36.6 cm³/mol. The first-order valence-corrected chi connectivity index (χ1v) is 3.28. The molecule has 10 heavy (non-hydrogen) atoms. The maximum atomic E-state index is 8.92. The first kappa shape index (κ1) is 7.28. The fraction of sp³-hybridized carbons (Fsp3) is 0.571. The largest absolute Gasteiger partial charge is 0.446 e. The lowest BCUT2D eigenvalue weighted by Crippen LogP contribution is -2.03. The number of nitrogens with zero attached hydrogens (tertiary/aromatic N) is 1. The van der Waals surface area contributed by atoms with Gasteiger partial charge in [0.1, 0.15) is 5.76 Å². The third-order valence-electron chi connectivity index (χ3n) is 1.14. The molecule has 3 nitrogen and oxygen atoms in total. The van der Waals surface area contributed by atoms with Crippen LogP contribution >= 0.6 is 0 Å². The lowest BCUT2D eigenvalue weighted by molar-refractivity contribution is 0.185. The van der Waals surface area contributed by atoms with Gasteiger partial charge < -0.3 is 9.52 Å². The molecule has 1 N–H and O–H groups in total. The molecule has 0 aliphatic heterocycles. The minimum absolute atomic E-state index is 0.377. The molecule has 0 saturated carbocycles. The van der Waals surface area contributed by atoms with Gasteiger partial charge in [0.05, 0.1) is 12.3 Å². The highest BCUT2D eigenvalue weighted by Crippen LogP contribution is 2.03. The molecule has 0 aliphatic carbocycles. The van der Waals surface area contributed by atoms with Crippen LogP contribution in [0.15, 0.2) is 10.6 Å². The summed E-state index contributed by atoms with van der Waals surface area (Å²) in [6, 6.07) is 0. The van der Waals surface area contributed by atoms with E-state index >= 15 is 0 Å². The number of aliphatic hydroxyl groups is 1. The molecule has 1 heterocycles. The Morgan fingerprint density at radius 3 is 2.90 bits per heavy atom. The van der Waals surface area contributed by atoms with E-state index in [9.17, 15) is 0 Å². The maximum Gasteiger partial charge on any atom is 0.196 e. The number of hydrogen-bond acceptors (Lipinski definition) is 3. The first-order valence-electron chi connectivity index (χ1n) is 3.28. The fourth-order valence-electron chi connectivity index (χ4n) is 0.749. The Balaban J connectivity index is 2.58. The zero-order chi connectivity index (χ0) is 7.56. The summed E-state index contributed by atoms with van der Waals surface area (Å²) in [5.74, 6) is 1.39. The standard InChI is InChI=1S/C7H11NO2/c1-5(9)3-7-8-4-6(2)10-7/h4-5,9H,3H2,1-2H3. The van der Waals surface area contributed by atoms with Crippen LogP contribution < -0.4 is 0 Å². The molecule has 0 aliphatic rings. The van der Waals surface area contributed by atoms with Crippen molar-refractivity contribution in [2.75, 3.05) is 0 Å². The number of aliphatic hydroxyl groups excluding tert-OH is 1. The fourth-order valence-corrected chi connectivity index (χ4v) is 0.749. The Bertz CT molecular complexity index is 205. The van der Waals surface area contributed by atoms with Gasteiger partial charge in [-0.3, -0.25) is 0 Å². The average Bonchev–Trinajstić information content (AvgIpc) is 2.13. The third-order valence-corrected chi connectivity index (χ3v) is 1.14. The molecule has 0 fully saturated rings. The van der Waals surface area contributed by atoms with Crippen LogP contribution in [-0.2, 0) is 6.42 Å². The van der Waals surface area contributed by atoms with Crippen molar-refractivity contribution in [3.8, 4) is 0 Å². The van der Waals surface area contributed by atoms with Crippen LogP contribution in [0.25, 0.3) is 0 Å². The Hall–Kier alpha value is -0.830. The van der Waals surface area contributed by atoms with Gasteiger partial charge in [-0.2, -0.15) is 0 Å². The molecule has 1 aromatic rings. The molecule has 0 bridgehead atoms. The van der Waals surface area contributed by atoms with Crippen molar-refractivity contribution in [1.29, 1.82) is 0 Å². The first-order chi connectivity index (χ1) is 4.68. The molecule has 1 aromatic heterocycles. The zero-order valence-electron chi connectivity index (χ0n) is 6.16. The van der Waals surface area contributed by atoms with Crippen molar-refractivity contribution >= 4 is 0 Å².